The van der Waals surface area contributed by atoms with E-state index in [0.717, 1.165) is 155 Å². The molecule has 10 heteroatoms. The summed E-state index contributed by atoms with van der Waals surface area (Å²) < 4.78 is 19.0. The normalized spacial score (nSPS) is 12.3. The van der Waals surface area contributed by atoms with Gasteiger partial charge in [0, 0.05) is 98.6 Å². The van der Waals surface area contributed by atoms with Crippen molar-refractivity contribution in [3.63, 3.8) is 0 Å². The van der Waals surface area contributed by atoms with Gasteiger partial charge in [-0.1, -0.05) is 261 Å². The zero-order chi connectivity index (χ0) is 70.4. The Hall–Kier alpha value is -14.7. The maximum atomic E-state index is 7.09. The Kier molecular flexibility index (Phi) is 12.2. The van der Waals surface area contributed by atoms with E-state index in [4.69, 9.17) is 38.7 Å². The fraction of sp³-hybridized carbons (Fsp3) is 0. The van der Waals surface area contributed by atoms with E-state index in [-0.39, 0.29) is 0 Å². The van der Waals surface area contributed by atoms with Crippen LogP contribution in [-0.2, 0) is 0 Å². The molecule has 0 N–H and O–H groups in total. The first-order valence-electron chi connectivity index (χ1n) is 36.5. The first kappa shape index (κ1) is 58.7. The van der Waals surface area contributed by atoms with Gasteiger partial charge in [0.05, 0.1) is 32.8 Å². The van der Waals surface area contributed by atoms with Crippen LogP contribution in [0.4, 0.5) is 0 Å². The minimum absolute atomic E-state index is 0.570. The summed E-state index contributed by atoms with van der Waals surface area (Å²) in [5.41, 5.74) is 26.8. The second-order valence-electron chi connectivity index (χ2n) is 28.3. The summed E-state index contributed by atoms with van der Waals surface area (Å²) in [7, 11) is 0. The van der Waals surface area contributed by atoms with Crippen LogP contribution in [0.3, 0.4) is 0 Å². The minimum Gasteiger partial charge on any atom is -0.455 e. The molecule has 22 aromatic rings. The molecule has 2 aliphatic carbocycles. The number of aromatic nitrogens is 8. The second kappa shape index (κ2) is 22.4. The van der Waals surface area contributed by atoms with Gasteiger partial charge in [-0.2, -0.15) is 0 Å². The summed E-state index contributed by atoms with van der Waals surface area (Å²) in [5, 5.41) is 13.6. The lowest BCUT2D eigenvalue weighted by atomic mass is 9.90. The number of nitrogens with zero attached hydrogens (tertiary/aromatic N) is 8. The van der Waals surface area contributed by atoms with Gasteiger partial charge in [-0.3, -0.25) is 0 Å². The summed E-state index contributed by atoms with van der Waals surface area (Å²) >= 11 is 0. The highest BCUT2D eigenvalue weighted by molar-refractivity contribution is 6.42. The molecule has 6 heterocycles. The van der Waals surface area contributed by atoms with E-state index in [1.807, 2.05) is 78.9 Å². The molecule has 0 bridgehead atoms. The Bertz CT molecular complexity index is 7590. The van der Waals surface area contributed by atoms with Crippen molar-refractivity contribution in [2.45, 2.75) is 0 Å². The molecule has 108 heavy (non-hydrogen) atoms. The smallest absolute Gasteiger partial charge is 0.164 e. The predicted octanol–water partition coefficient (Wildman–Crippen LogP) is 25.3. The number of furan rings is 2. The van der Waals surface area contributed by atoms with Gasteiger partial charge in [-0.25, -0.2) is 29.9 Å². The van der Waals surface area contributed by atoms with Gasteiger partial charge in [-0.05, 0) is 122 Å². The summed E-state index contributed by atoms with van der Waals surface area (Å²) in [6.45, 7) is 0. The monoisotopic (exact) mass is 1370 g/mol. The first-order chi connectivity index (χ1) is 53.6. The highest BCUT2D eigenvalue weighted by atomic mass is 16.3. The van der Waals surface area contributed by atoms with E-state index in [9.17, 15) is 0 Å². The van der Waals surface area contributed by atoms with Crippen molar-refractivity contribution >= 4 is 109 Å². The Labute approximate surface area is 616 Å². The molecular formula is C98H54N8O2. The Morgan fingerprint density at radius 3 is 1.04 bits per heavy atom. The van der Waals surface area contributed by atoms with Crippen molar-refractivity contribution in [3.05, 3.63) is 328 Å². The fourth-order valence-electron chi connectivity index (χ4n) is 17.8. The summed E-state index contributed by atoms with van der Waals surface area (Å²) in [6, 6.07) is 116. The molecular weight excluding hydrogens is 1320 g/mol. The number of benzene rings is 16. The van der Waals surface area contributed by atoms with E-state index in [2.05, 4.69) is 258 Å². The quantitative estimate of drug-likeness (QED) is 0.140. The number of hydrogen-bond donors (Lipinski definition) is 0. The van der Waals surface area contributed by atoms with E-state index in [1.165, 1.54) is 54.7 Å². The minimum atomic E-state index is 0.570. The van der Waals surface area contributed by atoms with Crippen LogP contribution in [0.5, 0.6) is 0 Å². The third kappa shape index (κ3) is 8.41. The highest BCUT2D eigenvalue weighted by Crippen LogP contribution is 2.57. The molecule has 10 nitrogen and oxygen atoms in total. The van der Waals surface area contributed by atoms with Gasteiger partial charge in [0.15, 0.2) is 34.9 Å². The average Bonchev–Trinajstić information content (AvgIpc) is 1.52. The molecule has 6 aromatic heterocycles. The topological polar surface area (TPSA) is 113 Å². The molecule has 498 valence electrons. The Morgan fingerprint density at radius 1 is 0.194 bits per heavy atom. The van der Waals surface area contributed by atoms with Crippen LogP contribution in [0, 0.1) is 0 Å². The number of rotatable bonds is 9. The Morgan fingerprint density at radius 2 is 0.537 bits per heavy atom. The number of para-hydroxylation sites is 2. The molecule has 0 amide bonds. The average molecular weight is 1380 g/mol. The van der Waals surface area contributed by atoms with Crippen LogP contribution in [0.15, 0.2) is 336 Å². The molecule has 0 aliphatic heterocycles. The van der Waals surface area contributed by atoms with Gasteiger partial charge in [0.2, 0.25) is 0 Å². The summed E-state index contributed by atoms with van der Waals surface area (Å²) in [5.74, 6) is 3.57. The fourth-order valence-corrected chi connectivity index (χ4v) is 17.8. The Balaban J connectivity index is 0.638. The van der Waals surface area contributed by atoms with Crippen LogP contribution in [-0.4, -0.2) is 39.0 Å². The largest absolute Gasteiger partial charge is 0.455 e. The molecule has 2 aliphatic rings. The van der Waals surface area contributed by atoms with Gasteiger partial charge in [-0.15, -0.1) is 0 Å². The molecule has 0 saturated carbocycles. The van der Waals surface area contributed by atoms with Crippen molar-refractivity contribution in [1.82, 2.24) is 39.0 Å². The molecule has 0 radical (unpaired) electrons. The van der Waals surface area contributed by atoms with Crippen molar-refractivity contribution in [1.29, 1.82) is 0 Å². The molecule has 0 saturated heterocycles. The lowest BCUT2D eigenvalue weighted by molar-refractivity contribution is 0.672. The van der Waals surface area contributed by atoms with Gasteiger partial charge in [0.25, 0.3) is 0 Å². The number of fused-ring (bicyclic) bond motifs is 16. The first-order valence-corrected chi connectivity index (χ1v) is 36.5. The molecule has 0 fully saturated rings. The van der Waals surface area contributed by atoms with Crippen molar-refractivity contribution in [2.24, 2.45) is 0 Å². The summed E-state index contributed by atoms with van der Waals surface area (Å²) in [6.07, 6.45) is 0. The highest BCUT2D eigenvalue weighted by Gasteiger charge is 2.33. The summed E-state index contributed by atoms with van der Waals surface area (Å²) in [4.78, 5) is 31.2. The number of hydrogen-bond acceptors (Lipinski definition) is 8. The second-order valence-corrected chi connectivity index (χ2v) is 28.3. The van der Waals surface area contributed by atoms with Crippen LogP contribution < -0.4 is 0 Å². The molecule has 16 aromatic carbocycles. The zero-order valence-corrected chi connectivity index (χ0v) is 57.6. The lowest BCUT2D eigenvalue weighted by Crippen LogP contribution is -2.01. The van der Waals surface area contributed by atoms with E-state index >= 15 is 0 Å². The molecule has 24 rings (SSSR count). The van der Waals surface area contributed by atoms with E-state index < -0.39 is 0 Å². The van der Waals surface area contributed by atoms with Crippen molar-refractivity contribution < 1.29 is 8.83 Å². The third-order valence-corrected chi connectivity index (χ3v) is 22.5. The van der Waals surface area contributed by atoms with E-state index in [1.54, 1.807) is 0 Å². The molecule has 0 spiro atoms. The van der Waals surface area contributed by atoms with Crippen molar-refractivity contribution in [2.75, 3.05) is 0 Å². The van der Waals surface area contributed by atoms with Crippen LogP contribution in [0.2, 0.25) is 0 Å². The maximum absolute atomic E-state index is 7.09. The molecule has 0 atom stereocenters. The van der Waals surface area contributed by atoms with Crippen LogP contribution >= 0.6 is 0 Å². The lowest BCUT2D eigenvalue weighted by Gasteiger charge is -2.16. The SMILES string of the molecule is c1ccc(-c2nc(-c3ccccc3)nc(-c3ccc(-n4c5cccc6c5c5c7c(cccc7c7oc8ccccc8c7c54)-c4cc(-c5ccc(-c7nc(-c8ccccc8)nc(-c8cccc(-n9c%10cccc%11c%10c%10c%12c(cccc%12c%12oc%13ccccc%13c%12c%109)-c9ccccc9-%11)c8)n7)cc5)ccc4-6)cc3)n2)cc1. The maximum Gasteiger partial charge on any atom is 0.164 e. The van der Waals surface area contributed by atoms with Crippen LogP contribution in [0.25, 0.3) is 244 Å². The van der Waals surface area contributed by atoms with Crippen molar-refractivity contribution in [3.8, 4) is 135 Å². The third-order valence-electron chi connectivity index (χ3n) is 22.5. The van der Waals surface area contributed by atoms with Gasteiger partial charge in [0.1, 0.15) is 22.3 Å². The zero-order valence-electron chi connectivity index (χ0n) is 57.6. The van der Waals surface area contributed by atoms with Gasteiger partial charge >= 0.3 is 0 Å². The predicted molar refractivity (Wildman–Crippen MR) is 438 cm³/mol. The van der Waals surface area contributed by atoms with Crippen LogP contribution in [0.1, 0.15) is 0 Å². The molecule has 0 unspecified atom stereocenters. The van der Waals surface area contributed by atoms with E-state index in [0.29, 0.717) is 34.9 Å². The standard InChI is InChI=1S/C98H54N8O2/c1-4-21-56(22-5-1)93-99-94(57-23-6-2-7-24-57)101-97(100-93)60-47-50-63(51-48-60)105-77-39-20-36-70-67-52-49-61(54-76(67)71-34-18-38-75-82(71)88(84(70)77)89(105)85-72-31-12-14-41-79(72)108-92(75)85)55-43-45-59(46-44-55)96-102-95(58-25-8-3-9-26-58)103-98(104-96)62-27-16-28-64(53-62)106-78-40-19-35-69-66-30-11-10-29-65(66)68-33-17-37-74-81(68)87(83(69)78)90(106)86-73-32-13-15-42-80(73)107-91(74)86/h1-54H. The van der Waals surface area contributed by atoms with Gasteiger partial charge < -0.3 is 18.0 Å².